The Kier molecular flexibility index (Phi) is 1.50. The maximum atomic E-state index is 9.34. The lowest BCUT2D eigenvalue weighted by molar-refractivity contribution is -0.104. The van der Waals surface area contributed by atoms with E-state index in [2.05, 4.69) is 13.5 Å². The van der Waals surface area contributed by atoms with Crippen molar-refractivity contribution < 1.29 is 4.79 Å². The van der Waals surface area contributed by atoms with Crippen LogP contribution in [-0.2, 0) is 4.79 Å². The van der Waals surface area contributed by atoms with E-state index >= 15 is 0 Å². The Morgan fingerprint density at radius 1 is 1.80 bits per heavy atom. The van der Waals surface area contributed by atoms with Gasteiger partial charge in [-0.3, -0.25) is 4.79 Å². The van der Waals surface area contributed by atoms with Gasteiger partial charge in [-0.25, -0.2) is 0 Å². The molecule has 27 valence electrons. The van der Waals surface area contributed by atoms with Crippen LogP contribution >= 0.6 is 0 Å². The zero-order chi connectivity index (χ0) is 4.28. The van der Waals surface area contributed by atoms with E-state index < -0.39 is 0 Å². The molecular formula is C4H5O. The number of hydrogen-bond donors (Lipinski definition) is 0. The highest BCUT2D eigenvalue weighted by molar-refractivity contribution is 5.73. The molecule has 0 aromatic rings. The topological polar surface area (TPSA) is 17.1 Å². The lowest BCUT2D eigenvalue weighted by atomic mass is 10.4. The van der Waals surface area contributed by atoms with Gasteiger partial charge < -0.3 is 0 Å². The van der Waals surface area contributed by atoms with Gasteiger partial charge in [-0.15, -0.1) is 0 Å². The fourth-order valence-corrected chi connectivity index (χ4v) is 0. The molecule has 0 saturated heterocycles. The third kappa shape index (κ3) is 3.41. The highest BCUT2D eigenvalue weighted by Crippen LogP contribution is 1.69. The Morgan fingerprint density at radius 2 is 2.00 bits per heavy atom. The molecule has 1 heteroatoms. The summed E-state index contributed by atoms with van der Waals surface area (Å²) in [6.45, 7) is 6.39. The van der Waals surface area contributed by atoms with Crippen LogP contribution in [0, 0.1) is 6.92 Å². The molecule has 0 unspecified atom stereocenters. The molecule has 0 heterocycles. The molecule has 0 aromatic heterocycles. The molecule has 5 heavy (non-hydrogen) atoms. The van der Waals surface area contributed by atoms with Crippen LogP contribution < -0.4 is 0 Å². The minimum atomic E-state index is 0.324. The first kappa shape index (κ1) is 4.41. The molecule has 0 aliphatic carbocycles. The molecule has 0 amide bonds. The normalized spacial score (nSPS) is 6.60. The van der Waals surface area contributed by atoms with E-state index in [1.54, 1.807) is 0 Å². The summed E-state index contributed by atoms with van der Waals surface area (Å²) >= 11 is 0. The average Bonchev–Trinajstić information content (AvgIpc) is 1.38. The van der Waals surface area contributed by atoms with Crippen molar-refractivity contribution in [3.63, 3.8) is 0 Å². The number of carbonyl (C=O) groups is 1. The molecule has 0 spiro atoms. The molecule has 1 radical (unpaired) electrons. The second-order valence-electron chi connectivity index (χ2n) is 0.776. The smallest absolute Gasteiger partial charge is 0.145 e. The van der Waals surface area contributed by atoms with Crippen LogP contribution in [0.25, 0.3) is 0 Å². The van der Waals surface area contributed by atoms with E-state index in [4.69, 9.17) is 0 Å². The van der Waals surface area contributed by atoms with Crippen LogP contribution in [0.1, 0.15) is 0 Å². The third-order valence-corrected chi connectivity index (χ3v) is 0.167. The molecule has 0 aliphatic heterocycles. The molecule has 0 fully saturated rings. The first-order valence-corrected chi connectivity index (χ1v) is 1.23. The first-order chi connectivity index (χ1) is 2.27. The predicted octanol–water partition coefficient (Wildman–Crippen LogP) is 0.576. The molecule has 0 atom stereocenters. The summed E-state index contributed by atoms with van der Waals surface area (Å²) < 4.78 is 0. The molecule has 0 saturated carbocycles. The Bertz CT molecular complexity index is 54.7. The van der Waals surface area contributed by atoms with Crippen LogP contribution in [0.2, 0.25) is 0 Å². The number of rotatable bonds is 1. The van der Waals surface area contributed by atoms with E-state index in [1.807, 2.05) is 0 Å². The number of allylic oxidation sites excluding steroid dienone is 1. The quantitative estimate of drug-likeness (QED) is 0.325. The van der Waals surface area contributed by atoms with Gasteiger partial charge in [0.2, 0.25) is 0 Å². The zero-order valence-corrected chi connectivity index (χ0v) is 2.90. The Morgan fingerprint density at radius 3 is 2.00 bits per heavy atom. The number of carbonyl (C=O) groups excluding carboxylic acids is 1. The van der Waals surface area contributed by atoms with Gasteiger partial charge in [-0.2, -0.15) is 0 Å². The van der Waals surface area contributed by atoms with Gasteiger partial charge in [-0.05, 0) is 12.5 Å². The van der Waals surface area contributed by atoms with Gasteiger partial charge in [0.15, 0.2) is 0 Å². The van der Waals surface area contributed by atoms with Crippen molar-refractivity contribution in [1.29, 1.82) is 0 Å². The largest absolute Gasteiger partial charge is 0.298 e. The summed E-state index contributed by atoms with van der Waals surface area (Å²) in [6, 6.07) is 0. The molecule has 0 N–H and O–H groups in total. The Hall–Kier alpha value is -0.590. The van der Waals surface area contributed by atoms with Crippen LogP contribution in [0.15, 0.2) is 12.2 Å². The van der Waals surface area contributed by atoms with Crippen molar-refractivity contribution in [1.82, 2.24) is 0 Å². The van der Waals surface area contributed by atoms with Gasteiger partial charge in [0.1, 0.15) is 6.29 Å². The summed E-state index contributed by atoms with van der Waals surface area (Å²) in [5.74, 6) is 0. The van der Waals surface area contributed by atoms with Crippen molar-refractivity contribution >= 4 is 6.29 Å². The van der Waals surface area contributed by atoms with Crippen LogP contribution in [0.5, 0.6) is 0 Å². The zero-order valence-electron chi connectivity index (χ0n) is 2.90. The molecule has 0 bridgehead atoms. The SMILES string of the molecule is [CH2]C(=C)C=O. The van der Waals surface area contributed by atoms with E-state index in [1.165, 1.54) is 0 Å². The summed E-state index contributed by atoms with van der Waals surface area (Å²) in [7, 11) is 0. The summed E-state index contributed by atoms with van der Waals surface area (Å²) in [5, 5.41) is 0. The van der Waals surface area contributed by atoms with Crippen LogP contribution in [0.3, 0.4) is 0 Å². The summed E-state index contributed by atoms with van der Waals surface area (Å²) in [6.07, 6.45) is 0.611. The maximum absolute atomic E-state index is 9.34. The van der Waals surface area contributed by atoms with E-state index in [9.17, 15) is 4.79 Å². The van der Waals surface area contributed by atoms with Gasteiger partial charge in [-0.1, -0.05) is 6.58 Å². The molecule has 0 aliphatic rings. The Balaban J connectivity index is 3.20. The summed E-state index contributed by atoms with van der Waals surface area (Å²) in [4.78, 5) is 9.34. The Labute approximate surface area is 31.3 Å². The highest BCUT2D eigenvalue weighted by atomic mass is 16.1. The fourth-order valence-electron chi connectivity index (χ4n) is 0. The molecule has 0 aromatic carbocycles. The van der Waals surface area contributed by atoms with Crippen molar-refractivity contribution in [3.05, 3.63) is 19.1 Å². The molecular weight excluding hydrogens is 64.0 g/mol. The van der Waals surface area contributed by atoms with E-state index in [0.717, 1.165) is 0 Å². The minimum absolute atomic E-state index is 0.324. The molecule has 1 nitrogen and oxygen atoms in total. The average molecular weight is 69.1 g/mol. The van der Waals surface area contributed by atoms with Crippen molar-refractivity contribution in [3.8, 4) is 0 Å². The lowest BCUT2D eigenvalue weighted by Gasteiger charge is -1.65. The van der Waals surface area contributed by atoms with E-state index in [0.29, 0.717) is 11.9 Å². The summed E-state index contributed by atoms with van der Waals surface area (Å²) in [5.41, 5.74) is 0.324. The second-order valence-corrected chi connectivity index (χ2v) is 0.776. The molecule has 0 rings (SSSR count). The van der Waals surface area contributed by atoms with Gasteiger partial charge in [0.25, 0.3) is 0 Å². The van der Waals surface area contributed by atoms with Crippen molar-refractivity contribution in [2.45, 2.75) is 0 Å². The van der Waals surface area contributed by atoms with E-state index in [-0.39, 0.29) is 0 Å². The fraction of sp³-hybridized carbons (Fsp3) is 0. The third-order valence-electron chi connectivity index (χ3n) is 0.167. The minimum Gasteiger partial charge on any atom is -0.298 e. The first-order valence-electron chi connectivity index (χ1n) is 1.23. The predicted molar refractivity (Wildman–Crippen MR) is 20.6 cm³/mol. The van der Waals surface area contributed by atoms with Crippen molar-refractivity contribution in [2.24, 2.45) is 0 Å². The highest BCUT2D eigenvalue weighted by Gasteiger charge is 1.66. The van der Waals surface area contributed by atoms with Crippen LogP contribution in [-0.4, -0.2) is 6.29 Å². The maximum Gasteiger partial charge on any atom is 0.145 e. The number of aldehydes is 1. The van der Waals surface area contributed by atoms with Gasteiger partial charge in [0, 0.05) is 0 Å². The number of hydrogen-bond acceptors (Lipinski definition) is 1. The standard InChI is InChI=1S/C4H5O/c1-4(2)3-5/h3H,1-2H2. The lowest BCUT2D eigenvalue weighted by Crippen LogP contribution is -1.65. The van der Waals surface area contributed by atoms with Crippen LogP contribution in [0.4, 0.5) is 0 Å². The van der Waals surface area contributed by atoms with Gasteiger partial charge in [0.05, 0.1) is 0 Å². The second kappa shape index (κ2) is 1.70. The van der Waals surface area contributed by atoms with Gasteiger partial charge >= 0.3 is 0 Å². The monoisotopic (exact) mass is 69.0 g/mol. The van der Waals surface area contributed by atoms with Crippen molar-refractivity contribution in [2.75, 3.05) is 0 Å².